The molecule has 0 aliphatic carbocycles. The normalized spacial score (nSPS) is 51.5. The van der Waals surface area contributed by atoms with E-state index in [1.54, 1.807) is 0 Å². The van der Waals surface area contributed by atoms with E-state index in [4.69, 9.17) is 20.4 Å². The summed E-state index contributed by atoms with van der Waals surface area (Å²) in [4.78, 5) is 0. The first-order valence-corrected chi connectivity index (χ1v) is 3.04. The lowest BCUT2D eigenvalue weighted by Gasteiger charge is -2.17. The van der Waals surface area contributed by atoms with Crippen molar-refractivity contribution in [1.29, 1.82) is 0 Å². The molecule has 0 aromatic rings. The monoisotopic (exact) mass is 168 g/mol. The molecule has 5 nitrogen and oxygen atoms in total. The molecule has 1 aliphatic rings. The van der Waals surface area contributed by atoms with Crippen molar-refractivity contribution in [3.8, 4) is 0 Å². The topological polar surface area (TPSA) is 90.2 Å². The largest absolute Gasteiger partial charge is 0.394 e. The molecule has 1 fully saturated rings. The highest BCUT2D eigenvalue weighted by Crippen LogP contribution is 2.30. The van der Waals surface area contributed by atoms with Crippen molar-refractivity contribution in [2.45, 2.75) is 24.4 Å². The molecule has 1 rings (SSSR count). The van der Waals surface area contributed by atoms with Crippen LogP contribution in [-0.4, -0.2) is 51.4 Å². The summed E-state index contributed by atoms with van der Waals surface area (Å²) in [6.07, 6.45) is -5.29. The number of alkyl halides is 1. The standard InChI is InChI=1S/C5H9FO5/c6-5(10)3(8)2(1-7)11-4(5)9/h2-4,7-10H,1H2/t2-,3-,4+,5+/m1/s1. The van der Waals surface area contributed by atoms with Crippen LogP contribution in [0.5, 0.6) is 0 Å². The van der Waals surface area contributed by atoms with Crippen molar-refractivity contribution in [3.05, 3.63) is 0 Å². The average molecular weight is 168 g/mol. The second-order valence-electron chi connectivity index (χ2n) is 2.38. The van der Waals surface area contributed by atoms with Gasteiger partial charge in [0.15, 0.2) is 0 Å². The third-order valence-electron chi connectivity index (χ3n) is 1.60. The van der Waals surface area contributed by atoms with Gasteiger partial charge in [0, 0.05) is 0 Å². The predicted molar refractivity (Wildman–Crippen MR) is 30.0 cm³/mol. The van der Waals surface area contributed by atoms with Gasteiger partial charge in [-0.1, -0.05) is 0 Å². The summed E-state index contributed by atoms with van der Waals surface area (Å²) in [6, 6.07) is 0. The predicted octanol–water partition coefficient (Wildman–Crippen LogP) is -2.29. The van der Waals surface area contributed by atoms with E-state index in [0.29, 0.717) is 0 Å². The Balaban J connectivity index is 2.71. The molecule has 1 saturated heterocycles. The zero-order valence-electron chi connectivity index (χ0n) is 5.51. The van der Waals surface area contributed by atoms with Crippen LogP contribution in [0.2, 0.25) is 0 Å². The summed E-state index contributed by atoms with van der Waals surface area (Å²) in [5.74, 6) is -3.19. The van der Waals surface area contributed by atoms with E-state index in [1.165, 1.54) is 0 Å². The van der Waals surface area contributed by atoms with Crippen molar-refractivity contribution in [1.82, 2.24) is 0 Å². The smallest absolute Gasteiger partial charge is 0.286 e. The molecule has 0 amide bonds. The molecule has 0 aromatic heterocycles. The molecule has 6 heteroatoms. The highest BCUT2D eigenvalue weighted by molar-refractivity contribution is 4.91. The Labute approximate surface area is 61.6 Å². The van der Waals surface area contributed by atoms with Gasteiger partial charge in [0.25, 0.3) is 5.85 Å². The highest BCUT2D eigenvalue weighted by Gasteiger charge is 2.55. The van der Waals surface area contributed by atoms with Crippen LogP contribution in [0.3, 0.4) is 0 Å². The van der Waals surface area contributed by atoms with Crippen molar-refractivity contribution in [2.75, 3.05) is 6.61 Å². The number of ether oxygens (including phenoxy) is 1. The molecule has 4 atom stereocenters. The average Bonchev–Trinajstić information content (AvgIpc) is 2.14. The molecule has 0 saturated carbocycles. The van der Waals surface area contributed by atoms with E-state index < -0.39 is 31.0 Å². The van der Waals surface area contributed by atoms with Gasteiger partial charge < -0.3 is 25.2 Å². The Bertz CT molecular complexity index is 150. The van der Waals surface area contributed by atoms with Gasteiger partial charge >= 0.3 is 0 Å². The lowest BCUT2D eigenvalue weighted by molar-refractivity contribution is -0.239. The summed E-state index contributed by atoms with van der Waals surface area (Å²) in [6.45, 7) is -0.662. The van der Waals surface area contributed by atoms with Crippen LogP contribution in [0.25, 0.3) is 0 Å². The molecular formula is C5H9FO5. The second kappa shape index (κ2) is 2.65. The SMILES string of the molecule is OC[C@H]1O[C@H](O)[C@](O)(F)[C@@H]1O. The van der Waals surface area contributed by atoms with Crippen LogP contribution in [0.4, 0.5) is 4.39 Å². The summed E-state index contributed by atoms with van der Waals surface area (Å²) in [7, 11) is 0. The fraction of sp³-hybridized carbons (Fsp3) is 1.00. The zero-order valence-corrected chi connectivity index (χ0v) is 5.51. The van der Waals surface area contributed by atoms with Gasteiger partial charge in [0.2, 0.25) is 6.29 Å². The van der Waals surface area contributed by atoms with Gasteiger partial charge in [-0.25, -0.2) is 4.39 Å². The lowest BCUT2D eigenvalue weighted by atomic mass is 10.1. The van der Waals surface area contributed by atoms with Gasteiger partial charge in [0.1, 0.15) is 12.2 Å². The molecule has 1 heterocycles. The van der Waals surface area contributed by atoms with Gasteiger partial charge in [-0.05, 0) is 0 Å². The first-order chi connectivity index (χ1) is 5.00. The fourth-order valence-electron chi connectivity index (χ4n) is 0.885. The quantitative estimate of drug-likeness (QED) is 0.354. The molecule has 0 unspecified atom stereocenters. The molecule has 0 bridgehead atoms. The zero-order chi connectivity index (χ0) is 8.65. The lowest BCUT2D eigenvalue weighted by Crippen LogP contribution is -2.44. The fourth-order valence-corrected chi connectivity index (χ4v) is 0.885. The Morgan fingerprint density at radius 3 is 2.18 bits per heavy atom. The third kappa shape index (κ3) is 1.23. The maximum absolute atomic E-state index is 12.7. The number of aliphatic hydroxyl groups excluding tert-OH is 3. The van der Waals surface area contributed by atoms with Gasteiger partial charge in [-0.3, -0.25) is 0 Å². The van der Waals surface area contributed by atoms with Gasteiger partial charge in [-0.2, -0.15) is 0 Å². The molecule has 1 aliphatic heterocycles. The first-order valence-electron chi connectivity index (χ1n) is 3.04. The van der Waals surface area contributed by atoms with E-state index in [2.05, 4.69) is 4.74 Å². The highest BCUT2D eigenvalue weighted by atomic mass is 19.2. The Hall–Kier alpha value is -0.270. The van der Waals surface area contributed by atoms with Gasteiger partial charge in [-0.15, -0.1) is 0 Å². The van der Waals surface area contributed by atoms with Gasteiger partial charge in [0.05, 0.1) is 6.61 Å². The number of halogens is 1. The van der Waals surface area contributed by atoms with E-state index in [9.17, 15) is 4.39 Å². The molecule has 0 aromatic carbocycles. The minimum atomic E-state index is -3.19. The summed E-state index contributed by atoms with van der Waals surface area (Å²) in [5.41, 5.74) is 0. The number of hydrogen-bond donors (Lipinski definition) is 4. The van der Waals surface area contributed by atoms with Crippen LogP contribution in [-0.2, 0) is 4.74 Å². The number of rotatable bonds is 1. The van der Waals surface area contributed by atoms with Crippen molar-refractivity contribution in [2.24, 2.45) is 0 Å². The third-order valence-corrected chi connectivity index (χ3v) is 1.60. The molecular weight excluding hydrogens is 159 g/mol. The maximum atomic E-state index is 12.7. The molecule has 11 heavy (non-hydrogen) atoms. The van der Waals surface area contributed by atoms with Crippen LogP contribution in [0.15, 0.2) is 0 Å². The molecule has 0 spiro atoms. The number of hydrogen-bond acceptors (Lipinski definition) is 5. The Morgan fingerprint density at radius 1 is 1.45 bits per heavy atom. The number of aliphatic hydroxyl groups is 4. The molecule has 66 valence electrons. The second-order valence-corrected chi connectivity index (χ2v) is 2.38. The summed E-state index contributed by atoms with van der Waals surface area (Å²) in [5, 5.41) is 34.5. The van der Waals surface area contributed by atoms with Crippen LogP contribution in [0, 0.1) is 0 Å². The van der Waals surface area contributed by atoms with E-state index in [1.807, 2.05) is 0 Å². The van der Waals surface area contributed by atoms with E-state index >= 15 is 0 Å². The Morgan fingerprint density at radius 2 is 2.00 bits per heavy atom. The minimum absolute atomic E-state index is 0.662. The van der Waals surface area contributed by atoms with Crippen LogP contribution < -0.4 is 0 Å². The summed E-state index contributed by atoms with van der Waals surface area (Å²) >= 11 is 0. The van der Waals surface area contributed by atoms with E-state index in [-0.39, 0.29) is 0 Å². The first kappa shape index (κ1) is 8.82. The van der Waals surface area contributed by atoms with Crippen LogP contribution in [0.1, 0.15) is 0 Å². The maximum Gasteiger partial charge on any atom is 0.286 e. The molecule has 0 radical (unpaired) electrons. The Kier molecular flexibility index (Phi) is 2.13. The van der Waals surface area contributed by atoms with Crippen molar-refractivity contribution in [3.63, 3.8) is 0 Å². The minimum Gasteiger partial charge on any atom is -0.394 e. The van der Waals surface area contributed by atoms with Crippen molar-refractivity contribution < 1.29 is 29.6 Å². The van der Waals surface area contributed by atoms with E-state index in [0.717, 1.165) is 0 Å². The van der Waals surface area contributed by atoms with Crippen LogP contribution >= 0.6 is 0 Å². The summed E-state index contributed by atoms with van der Waals surface area (Å²) < 4.78 is 16.9. The molecule has 4 N–H and O–H groups in total. The van der Waals surface area contributed by atoms with Crippen molar-refractivity contribution >= 4 is 0 Å².